The van der Waals surface area contributed by atoms with Gasteiger partial charge in [-0.3, -0.25) is 10.00 Å². The summed E-state index contributed by atoms with van der Waals surface area (Å²) in [5.74, 6) is 2.00. The maximum Gasteiger partial charge on any atom is 0.128 e. The van der Waals surface area contributed by atoms with Crippen LogP contribution < -0.4 is 9.64 Å². The minimum absolute atomic E-state index is 0.757. The number of pyridine rings is 1. The van der Waals surface area contributed by atoms with Crippen molar-refractivity contribution in [2.24, 2.45) is 0 Å². The molecule has 0 bridgehead atoms. The first-order valence-electron chi connectivity index (χ1n) is 9.33. The molecule has 1 N–H and O–H groups in total. The smallest absolute Gasteiger partial charge is 0.128 e. The third-order valence-electron chi connectivity index (χ3n) is 4.90. The summed E-state index contributed by atoms with van der Waals surface area (Å²) in [6, 6.07) is 12.2. The summed E-state index contributed by atoms with van der Waals surface area (Å²) in [4.78, 5) is 9.35. The second kappa shape index (κ2) is 8.19. The summed E-state index contributed by atoms with van der Waals surface area (Å²) in [7, 11) is 0. The molecule has 1 aliphatic heterocycles. The maximum atomic E-state index is 5.87. The predicted octanol–water partition coefficient (Wildman–Crippen LogP) is 2.94. The van der Waals surface area contributed by atoms with Crippen molar-refractivity contribution < 1.29 is 4.74 Å². The van der Waals surface area contributed by atoms with Crippen LogP contribution in [-0.4, -0.2) is 59.4 Å². The number of fused-ring (bicyclic) bond motifs is 1. The molecule has 0 amide bonds. The van der Waals surface area contributed by atoms with E-state index in [1.54, 1.807) is 0 Å². The number of unbranched alkanes of at least 4 members (excludes halogenated alkanes) is 1. The van der Waals surface area contributed by atoms with Gasteiger partial charge in [-0.2, -0.15) is 5.10 Å². The van der Waals surface area contributed by atoms with Crippen LogP contribution in [0.2, 0.25) is 0 Å². The van der Waals surface area contributed by atoms with E-state index >= 15 is 0 Å². The summed E-state index contributed by atoms with van der Waals surface area (Å²) >= 11 is 0. The van der Waals surface area contributed by atoms with E-state index in [-0.39, 0.29) is 0 Å². The Kier molecular flexibility index (Phi) is 5.30. The Balaban J connectivity index is 1.13. The van der Waals surface area contributed by atoms with Crippen molar-refractivity contribution in [3.05, 3.63) is 48.8 Å². The van der Waals surface area contributed by atoms with Crippen molar-refractivity contribution in [1.29, 1.82) is 0 Å². The lowest BCUT2D eigenvalue weighted by Crippen LogP contribution is -2.46. The van der Waals surface area contributed by atoms with E-state index in [0.29, 0.717) is 0 Å². The van der Waals surface area contributed by atoms with Crippen LogP contribution in [0.3, 0.4) is 0 Å². The molecule has 0 unspecified atom stereocenters. The zero-order chi connectivity index (χ0) is 17.6. The van der Waals surface area contributed by atoms with Crippen LogP contribution >= 0.6 is 0 Å². The van der Waals surface area contributed by atoms with E-state index in [2.05, 4.69) is 37.1 Å². The molecule has 3 aromatic rings. The molecule has 3 heterocycles. The molecule has 2 aromatic heterocycles. The van der Waals surface area contributed by atoms with Gasteiger partial charge in [0.2, 0.25) is 0 Å². The molecule has 1 fully saturated rings. The van der Waals surface area contributed by atoms with Gasteiger partial charge in [-0.1, -0.05) is 6.07 Å². The fourth-order valence-corrected chi connectivity index (χ4v) is 3.37. The molecule has 0 radical (unpaired) electrons. The summed E-state index contributed by atoms with van der Waals surface area (Å²) < 4.78 is 5.87. The average molecular weight is 351 g/mol. The van der Waals surface area contributed by atoms with Gasteiger partial charge in [0.1, 0.15) is 11.6 Å². The minimum atomic E-state index is 0.757. The largest absolute Gasteiger partial charge is 0.494 e. The van der Waals surface area contributed by atoms with E-state index < -0.39 is 0 Å². The lowest BCUT2D eigenvalue weighted by Gasteiger charge is -2.35. The first-order chi connectivity index (χ1) is 12.9. The topological polar surface area (TPSA) is 57.3 Å². The average Bonchev–Trinajstić information content (AvgIpc) is 3.17. The Morgan fingerprint density at radius 2 is 1.96 bits per heavy atom. The molecule has 6 nitrogen and oxygen atoms in total. The lowest BCUT2D eigenvalue weighted by molar-refractivity contribution is 0.238. The monoisotopic (exact) mass is 351 g/mol. The van der Waals surface area contributed by atoms with Crippen LogP contribution in [0.1, 0.15) is 12.8 Å². The standard InChI is InChI=1S/C20H25N5O/c1-2-8-21-20(5-1)25-12-10-24(11-13-25)9-3-4-14-26-18-7-6-17-16-22-23-19(17)15-18/h1-2,5-8,15-16H,3-4,9-14H2,(H,22,23). The van der Waals surface area contributed by atoms with Gasteiger partial charge in [0.05, 0.1) is 18.3 Å². The van der Waals surface area contributed by atoms with E-state index in [9.17, 15) is 0 Å². The molecule has 6 heteroatoms. The molecule has 1 saturated heterocycles. The fraction of sp³-hybridized carbons (Fsp3) is 0.400. The summed E-state index contributed by atoms with van der Waals surface area (Å²) in [6.07, 6.45) is 5.93. The van der Waals surface area contributed by atoms with Crippen molar-refractivity contribution in [2.45, 2.75) is 12.8 Å². The Labute approximate surface area is 153 Å². The SMILES string of the molecule is c1ccc(N2CCN(CCCCOc3ccc4cn[nH]c4c3)CC2)nc1. The molecule has 0 aliphatic carbocycles. The molecule has 4 rings (SSSR count). The summed E-state index contributed by atoms with van der Waals surface area (Å²) in [5.41, 5.74) is 1.02. The number of anilines is 1. The normalized spacial score (nSPS) is 15.5. The Morgan fingerprint density at radius 1 is 1.04 bits per heavy atom. The number of rotatable bonds is 7. The Bertz CT molecular complexity index is 811. The third kappa shape index (κ3) is 4.14. The number of hydrogen-bond acceptors (Lipinski definition) is 5. The predicted molar refractivity (Wildman–Crippen MR) is 104 cm³/mol. The van der Waals surface area contributed by atoms with Crippen LogP contribution in [0.25, 0.3) is 10.9 Å². The Hall–Kier alpha value is -2.60. The zero-order valence-corrected chi connectivity index (χ0v) is 15.0. The van der Waals surface area contributed by atoms with Crippen molar-refractivity contribution in [3.63, 3.8) is 0 Å². The van der Waals surface area contributed by atoms with E-state index in [0.717, 1.165) is 74.6 Å². The van der Waals surface area contributed by atoms with Crippen LogP contribution in [-0.2, 0) is 0 Å². The van der Waals surface area contributed by atoms with Gasteiger partial charge in [0, 0.05) is 43.8 Å². The highest BCUT2D eigenvalue weighted by atomic mass is 16.5. The molecule has 0 spiro atoms. The molecule has 1 aromatic carbocycles. The number of benzene rings is 1. The number of aromatic nitrogens is 3. The number of nitrogens with zero attached hydrogens (tertiary/aromatic N) is 4. The van der Waals surface area contributed by atoms with Gasteiger partial charge in [-0.25, -0.2) is 4.98 Å². The highest BCUT2D eigenvalue weighted by molar-refractivity contribution is 5.79. The number of hydrogen-bond donors (Lipinski definition) is 1. The van der Waals surface area contributed by atoms with Crippen molar-refractivity contribution in [2.75, 3.05) is 44.2 Å². The second-order valence-electron chi connectivity index (χ2n) is 6.69. The summed E-state index contributed by atoms with van der Waals surface area (Å²) in [5, 5.41) is 8.12. The highest BCUT2D eigenvalue weighted by Crippen LogP contribution is 2.19. The molecular formula is C20H25N5O. The lowest BCUT2D eigenvalue weighted by atomic mass is 10.2. The number of aromatic amines is 1. The van der Waals surface area contributed by atoms with Gasteiger partial charge in [0.15, 0.2) is 0 Å². The van der Waals surface area contributed by atoms with Gasteiger partial charge < -0.3 is 9.64 Å². The van der Waals surface area contributed by atoms with Crippen LogP contribution in [0.5, 0.6) is 5.75 Å². The van der Waals surface area contributed by atoms with E-state index in [1.807, 2.05) is 36.7 Å². The molecular weight excluding hydrogens is 326 g/mol. The van der Waals surface area contributed by atoms with Crippen molar-refractivity contribution in [1.82, 2.24) is 20.1 Å². The second-order valence-corrected chi connectivity index (χ2v) is 6.69. The number of ether oxygens (including phenoxy) is 1. The molecule has 26 heavy (non-hydrogen) atoms. The van der Waals surface area contributed by atoms with Crippen LogP contribution in [0, 0.1) is 0 Å². The van der Waals surface area contributed by atoms with Gasteiger partial charge in [-0.05, 0) is 43.7 Å². The third-order valence-corrected chi connectivity index (χ3v) is 4.90. The quantitative estimate of drug-likeness (QED) is 0.663. The number of piperazine rings is 1. The Morgan fingerprint density at radius 3 is 2.81 bits per heavy atom. The first-order valence-corrected chi connectivity index (χ1v) is 9.33. The van der Waals surface area contributed by atoms with Crippen LogP contribution in [0.4, 0.5) is 5.82 Å². The van der Waals surface area contributed by atoms with Gasteiger partial charge >= 0.3 is 0 Å². The number of nitrogens with one attached hydrogen (secondary N) is 1. The summed E-state index contributed by atoms with van der Waals surface area (Å²) in [6.45, 7) is 6.21. The maximum absolute atomic E-state index is 5.87. The van der Waals surface area contributed by atoms with Crippen molar-refractivity contribution in [3.8, 4) is 5.75 Å². The van der Waals surface area contributed by atoms with Gasteiger partial charge in [0.25, 0.3) is 0 Å². The van der Waals surface area contributed by atoms with E-state index in [4.69, 9.17) is 4.74 Å². The minimum Gasteiger partial charge on any atom is -0.494 e. The molecule has 136 valence electrons. The van der Waals surface area contributed by atoms with Crippen molar-refractivity contribution >= 4 is 16.7 Å². The highest BCUT2D eigenvalue weighted by Gasteiger charge is 2.17. The van der Waals surface area contributed by atoms with E-state index in [1.165, 1.54) is 0 Å². The molecule has 0 saturated carbocycles. The zero-order valence-electron chi connectivity index (χ0n) is 15.0. The van der Waals surface area contributed by atoms with Crippen LogP contribution in [0.15, 0.2) is 48.8 Å². The molecule has 0 atom stereocenters. The van der Waals surface area contributed by atoms with Gasteiger partial charge in [-0.15, -0.1) is 0 Å². The number of H-pyrrole nitrogens is 1. The first kappa shape index (κ1) is 16.8. The fourth-order valence-electron chi connectivity index (χ4n) is 3.37. The molecule has 1 aliphatic rings.